The lowest BCUT2D eigenvalue weighted by Gasteiger charge is -2.20. The van der Waals surface area contributed by atoms with Crippen LogP contribution in [0.1, 0.15) is 22.4 Å². The normalized spacial score (nSPS) is 17.4. The van der Waals surface area contributed by atoms with Gasteiger partial charge in [-0.2, -0.15) is 0 Å². The molecule has 1 aliphatic rings. The summed E-state index contributed by atoms with van der Waals surface area (Å²) in [6, 6.07) is 11.7. The van der Waals surface area contributed by atoms with Crippen molar-refractivity contribution in [1.29, 1.82) is 0 Å². The average molecular weight is 419 g/mol. The average Bonchev–Trinajstić information content (AvgIpc) is 3.34. The van der Waals surface area contributed by atoms with Crippen LogP contribution in [0, 0.1) is 0 Å². The first kappa shape index (κ1) is 16.4. The summed E-state index contributed by atoms with van der Waals surface area (Å²) in [4.78, 5) is 14.0. The number of hydrogen-bond donors (Lipinski definition) is 0. The molecule has 1 amide bonds. The van der Waals surface area contributed by atoms with Crippen LogP contribution in [0.25, 0.3) is 0 Å². The Balaban J connectivity index is 1.52. The fraction of sp³-hybridized carbons (Fsp3) is 0.235. The lowest BCUT2D eigenvalue weighted by Crippen LogP contribution is -2.27. The van der Waals surface area contributed by atoms with Gasteiger partial charge in [0.1, 0.15) is 16.8 Å². The van der Waals surface area contributed by atoms with Crippen molar-refractivity contribution >= 4 is 33.6 Å². The molecule has 0 radical (unpaired) electrons. The molecule has 1 atom stereocenters. The number of nitrogens with zero attached hydrogens (tertiary/aromatic N) is 4. The molecule has 2 aromatic heterocycles. The van der Waals surface area contributed by atoms with Crippen molar-refractivity contribution in [3.05, 3.63) is 70.3 Å². The van der Waals surface area contributed by atoms with E-state index in [1.54, 1.807) is 27.6 Å². The number of benzene rings is 1. The molecule has 25 heavy (non-hydrogen) atoms. The first-order valence-electron chi connectivity index (χ1n) is 7.77. The number of hydrogen-bond acceptors (Lipinski definition) is 5. The van der Waals surface area contributed by atoms with Gasteiger partial charge in [0.05, 0.1) is 31.3 Å². The van der Waals surface area contributed by atoms with Crippen LogP contribution in [0.15, 0.2) is 57.7 Å². The van der Waals surface area contributed by atoms with Crippen molar-refractivity contribution in [3.63, 3.8) is 0 Å². The van der Waals surface area contributed by atoms with Crippen molar-refractivity contribution in [2.24, 2.45) is 0 Å². The molecule has 6 nitrogen and oxygen atoms in total. The van der Waals surface area contributed by atoms with Gasteiger partial charge in [0.15, 0.2) is 0 Å². The molecule has 3 aromatic rings. The minimum absolute atomic E-state index is 0.0896. The van der Waals surface area contributed by atoms with Crippen molar-refractivity contribution in [3.8, 4) is 0 Å². The van der Waals surface area contributed by atoms with Gasteiger partial charge < -0.3 is 9.32 Å². The fourth-order valence-electron chi connectivity index (χ4n) is 2.75. The topological polar surface area (TPSA) is 64.2 Å². The highest BCUT2D eigenvalue weighted by atomic mass is 79.9. The summed E-state index contributed by atoms with van der Waals surface area (Å²) < 4.78 is 8.21. The smallest absolute Gasteiger partial charge is 0.234 e. The lowest BCUT2D eigenvalue weighted by atomic mass is 10.2. The van der Waals surface area contributed by atoms with Gasteiger partial charge in [-0.1, -0.05) is 39.3 Å². The van der Waals surface area contributed by atoms with Crippen LogP contribution < -0.4 is 0 Å². The number of carbonyl (C=O) groups excluding carboxylic acids is 1. The fourth-order valence-corrected chi connectivity index (χ4v) is 4.27. The first-order chi connectivity index (χ1) is 12.2. The number of rotatable bonds is 5. The summed E-state index contributed by atoms with van der Waals surface area (Å²) in [5, 5.41) is 8.38. The number of furan rings is 1. The second kappa shape index (κ2) is 7.05. The standard InChI is InChI=1S/C17H15BrN4O2S/c18-14-6-2-1-4-12(14)8-21-10-15(19-20-21)17-22(16(23)11-25-17)9-13-5-3-7-24-13/h1-7,10,17H,8-9,11H2. The van der Waals surface area contributed by atoms with E-state index in [1.165, 1.54) is 0 Å². The van der Waals surface area contributed by atoms with Crippen molar-refractivity contribution in [1.82, 2.24) is 19.9 Å². The zero-order chi connectivity index (χ0) is 17.2. The van der Waals surface area contributed by atoms with Crippen LogP contribution in [0.2, 0.25) is 0 Å². The Kier molecular flexibility index (Phi) is 4.63. The zero-order valence-electron chi connectivity index (χ0n) is 13.2. The van der Waals surface area contributed by atoms with Crippen LogP contribution in [0.5, 0.6) is 0 Å². The highest BCUT2D eigenvalue weighted by molar-refractivity contribution is 9.10. The van der Waals surface area contributed by atoms with E-state index >= 15 is 0 Å². The van der Waals surface area contributed by atoms with E-state index in [2.05, 4.69) is 26.2 Å². The monoisotopic (exact) mass is 418 g/mol. The molecule has 1 unspecified atom stereocenters. The molecular weight excluding hydrogens is 404 g/mol. The van der Waals surface area contributed by atoms with Gasteiger partial charge in [0.2, 0.25) is 5.91 Å². The zero-order valence-corrected chi connectivity index (χ0v) is 15.6. The SMILES string of the molecule is O=C1CSC(c2cn(Cc3ccccc3Br)nn2)N1Cc1ccco1. The molecule has 0 saturated carbocycles. The maximum atomic E-state index is 12.2. The van der Waals surface area contributed by atoms with Gasteiger partial charge in [-0.25, -0.2) is 4.68 Å². The Morgan fingerprint density at radius 2 is 2.12 bits per heavy atom. The molecule has 1 saturated heterocycles. The Hall–Kier alpha value is -2.06. The number of amides is 1. The van der Waals surface area contributed by atoms with Gasteiger partial charge in [0, 0.05) is 4.47 Å². The molecule has 0 spiro atoms. The van der Waals surface area contributed by atoms with E-state index in [0.29, 0.717) is 18.8 Å². The molecule has 128 valence electrons. The van der Waals surface area contributed by atoms with E-state index in [1.807, 2.05) is 42.6 Å². The van der Waals surface area contributed by atoms with Crippen LogP contribution >= 0.6 is 27.7 Å². The Morgan fingerprint density at radius 3 is 2.92 bits per heavy atom. The molecule has 4 rings (SSSR count). The third-order valence-electron chi connectivity index (χ3n) is 3.97. The van der Waals surface area contributed by atoms with E-state index in [4.69, 9.17) is 4.42 Å². The number of thioether (sulfide) groups is 1. The quantitative estimate of drug-likeness (QED) is 0.634. The predicted octanol–water partition coefficient (Wildman–Crippen LogP) is 3.46. The maximum Gasteiger partial charge on any atom is 0.234 e. The summed E-state index contributed by atoms with van der Waals surface area (Å²) in [6.07, 6.45) is 3.52. The highest BCUT2D eigenvalue weighted by Gasteiger charge is 2.35. The second-order valence-electron chi connectivity index (χ2n) is 5.70. The van der Waals surface area contributed by atoms with Crippen molar-refractivity contribution in [2.45, 2.75) is 18.5 Å². The second-order valence-corrected chi connectivity index (χ2v) is 7.62. The Labute approximate surface area is 157 Å². The maximum absolute atomic E-state index is 12.2. The molecule has 0 N–H and O–H groups in total. The summed E-state index contributed by atoms with van der Waals surface area (Å²) in [7, 11) is 0. The van der Waals surface area contributed by atoms with Gasteiger partial charge in [-0.3, -0.25) is 4.79 Å². The summed E-state index contributed by atoms with van der Waals surface area (Å²) in [6.45, 7) is 1.07. The summed E-state index contributed by atoms with van der Waals surface area (Å²) >= 11 is 5.11. The van der Waals surface area contributed by atoms with Crippen molar-refractivity contribution < 1.29 is 9.21 Å². The molecule has 8 heteroatoms. The lowest BCUT2D eigenvalue weighted by molar-refractivity contribution is -0.128. The van der Waals surface area contributed by atoms with Gasteiger partial charge in [-0.05, 0) is 23.8 Å². The van der Waals surface area contributed by atoms with Gasteiger partial charge in [-0.15, -0.1) is 16.9 Å². The molecule has 0 bridgehead atoms. The summed E-state index contributed by atoms with van der Waals surface area (Å²) in [5.74, 6) is 1.30. The van der Waals surface area contributed by atoms with E-state index in [0.717, 1.165) is 21.5 Å². The minimum Gasteiger partial charge on any atom is -0.467 e. The third kappa shape index (κ3) is 3.50. The van der Waals surface area contributed by atoms with E-state index in [-0.39, 0.29) is 11.3 Å². The largest absolute Gasteiger partial charge is 0.467 e. The number of halogens is 1. The van der Waals surface area contributed by atoms with Crippen LogP contribution in [-0.4, -0.2) is 31.6 Å². The minimum atomic E-state index is -0.134. The van der Waals surface area contributed by atoms with Gasteiger partial charge in [0.25, 0.3) is 0 Å². The molecule has 1 aliphatic heterocycles. The third-order valence-corrected chi connectivity index (χ3v) is 5.97. The molecule has 1 fully saturated rings. The highest BCUT2D eigenvalue weighted by Crippen LogP contribution is 2.38. The van der Waals surface area contributed by atoms with Gasteiger partial charge >= 0.3 is 0 Å². The number of aromatic nitrogens is 3. The Morgan fingerprint density at radius 1 is 1.24 bits per heavy atom. The first-order valence-corrected chi connectivity index (χ1v) is 9.62. The van der Waals surface area contributed by atoms with Crippen LogP contribution in [0.3, 0.4) is 0 Å². The number of carbonyl (C=O) groups is 1. The molecule has 0 aliphatic carbocycles. The summed E-state index contributed by atoms with van der Waals surface area (Å²) in [5.41, 5.74) is 1.91. The molecule has 3 heterocycles. The molecular formula is C17H15BrN4O2S. The Bertz CT molecular complexity index is 880. The molecule has 1 aromatic carbocycles. The van der Waals surface area contributed by atoms with Crippen LogP contribution in [-0.2, 0) is 17.9 Å². The predicted molar refractivity (Wildman–Crippen MR) is 97.7 cm³/mol. The van der Waals surface area contributed by atoms with E-state index in [9.17, 15) is 4.79 Å². The van der Waals surface area contributed by atoms with Crippen LogP contribution in [0.4, 0.5) is 0 Å². The van der Waals surface area contributed by atoms with Crippen molar-refractivity contribution in [2.75, 3.05) is 5.75 Å². The van der Waals surface area contributed by atoms with E-state index < -0.39 is 0 Å².